The topological polar surface area (TPSA) is 95.1 Å². The molecule has 3 fully saturated rings. The van der Waals surface area contributed by atoms with Crippen molar-refractivity contribution in [2.24, 2.45) is 5.92 Å². The van der Waals surface area contributed by atoms with Crippen molar-refractivity contribution in [1.29, 1.82) is 0 Å². The Kier molecular flexibility index (Phi) is 4.49. The van der Waals surface area contributed by atoms with E-state index in [9.17, 15) is 9.59 Å². The number of aryl methyl sites for hydroxylation is 2. The van der Waals surface area contributed by atoms with Gasteiger partial charge in [0.1, 0.15) is 22.6 Å². The number of nitrogens with zero attached hydrogens (tertiary/aromatic N) is 2. The largest absolute Gasteiger partial charge is 0.462 e. The molecule has 0 unspecified atom stereocenters. The van der Waals surface area contributed by atoms with Gasteiger partial charge >= 0.3 is 5.97 Å². The molecule has 3 heterocycles. The van der Waals surface area contributed by atoms with Crippen LogP contribution in [0.2, 0.25) is 0 Å². The fourth-order valence-corrected chi connectivity index (χ4v) is 5.33. The molecule has 3 saturated carbocycles. The van der Waals surface area contributed by atoms with Crippen molar-refractivity contribution in [1.82, 2.24) is 14.9 Å². The molecule has 4 aromatic rings. The van der Waals surface area contributed by atoms with Crippen LogP contribution in [0.15, 0.2) is 41.1 Å². The molecule has 1 N–H and O–H groups in total. The molecule has 0 spiro atoms. The van der Waals surface area contributed by atoms with Gasteiger partial charge in [-0.1, -0.05) is 0 Å². The number of carbonyl (C=O) groups is 2. The van der Waals surface area contributed by atoms with E-state index < -0.39 is 5.97 Å². The maximum atomic E-state index is 13.0. The van der Waals surface area contributed by atoms with E-state index in [2.05, 4.69) is 10.4 Å². The van der Waals surface area contributed by atoms with Crippen molar-refractivity contribution in [2.45, 2.75) is 45.6 Å². The summed E-state index contributed by atoms with van der Waals surface area (Å²) < 4.78 is 18.9. The standard InChI is InChI=1S/C26H25N3O5/c1-4-32-25(31)19-13-29-23(14(19)2)20(7-8-27-29)34-17-5-6-18-21(9-17)33-15(3)22(18)24(30)28-26-10-16(11-26)12-26/h5-9,13,16H,4,10-12H2,1-3H3,(H,28,30). The van der Waals surface area contributed by atoms with Gasteiger partial charge in [-0.15, -0.1) is 0 Å². The van der Waals surface area contributed by atoms with Crippen molar-refractivity contribution in [3.8, 4) is 11.5 Å². The predicted molar refractivity (Wildman–Crippen MR) is 124 cm³/mol. The maximum absolute atomic E-state index is 13.0. The summed E-state index contributed by atoms with van der Waals surface area (Å²) >= 11 is 0. The molecule has 174 valence electrons. The first-order valence-corrected chi connectivity index (χ1v) is 11.5. The second-order valence-electron chi connectivity index (χ2n) is 9.38. The van der Waals surface area contributed by atoms with E-state index in [-0.39, 0.29) is 11.4 Å². The Morgan fingerprint density at radius 2 is 2.03 bits per heavy atom. The van der Waals surface area contributed by atoms with Gasteiger partial charge in [-0.05, 0) is 63.6 Å². The molecule has 0 radical (unpaired) electrons. The van der Waals surface area contributed by atoms with E-state index in [0.717, 1.165) is 36.1 Å². The van der Waals surface area contributed by atoms with Crippen LogP contribution in [0, 0.1) is 19.8 Å². The number of carbonyl (C=O) groups excluding carboxylic acids is 2. The highest BCUT2D eigenvalue weighted by Crippen LogP contribution is 2.57. The average molecular weight is 460 g/mol. The first kappa shape index (κ1) is 20.8. The molecule has 3 aliphatic carbocycles. The van der Waals surface area contributed by atoms with Gasteiger partial charge in [0.05, 0.1) is 23.9 Å². The lowest BCUT2D eigenvalue weighted by atomic mass is 9.50. The van der Waals surface area contributed by atoms with E-state index in [1.165, 1.54) is 0 Å². The van der Waals surface area contributed by atoms with Gasteiger partial charge in [0.15, 0.2) is 5.75 Å². The molecule has 3 aliphatic rings. The van der Waals surface area contributed by atoms with Crippen LogP contribution in [0.1, 0.15) is 58.2 Å². The second kappa shape index (κ2) is 7.35. The summed E-state index contributed by atoms with van der Waals surface area (Å²) in [4.78, 5) is 25.3. The number of amides is 1. The van der Waals surface area contributed by atoms with E-state index >= 15 is 0 Å². The zero-order chi connectivity index (χ0) is 23.6. The molecule has 0 saturated heterocycles. The van der Waals surface area contributed by atoms with Crippen molar-refractivity contribution < 1.29 is 23.5 Å². The van der Waals surface area contributed by atoms with Crippen molar-refractivity contribution in [3.63, 3.8) is 0 Å². The average Bonchev–Trinajstić information content (AvgIpc) is 3.26. The Morgan fingerprint density at radius 1 is 1.24 bits per heavy atom. The molecule has 0 aliphatic heterocycles. The number of fused-ring (bicyclic) bond motifs is 2. The quantitative estimate of drug-likeness (QED) is 0.410. The summed E-state index contributed by atoms with van der Waals surface area (Å²) in [6.07, 6.45) is 6.51. The summed E-state index contributed by atoms with van der Waals surface area (Å²) in [5.41, 5.74) is 3.03. The summed E-state index contributed by atoms with van der Waals surface area (Å²) in [5.74, 6) is 2.01. The molecule has 1 amide bonds. The maximum Gasteiger partial charge on any atom is 0.340 e. The van der Waals surface area contributed by atoms with Crippen molar-refractivity contribution >= 4 is 28.4 Å². The van der Waals surface area contributed by atoms with Crippen LogP contribution in [0.4, 0.5) is 0 Å². The Labute approximate surface area is 195 Å². The molecule has 2 bridgehead atoms. The lowest BCUT2D eigenvalue weighted by molar-refractivity contribution is -0.0438. The number of rotatable bonds is 6. The number of ether oxygens (including phenoxy) is 2. The van der Waals surface area contributed by atoms with Gasteiger partial charge in [-0.2, -0.15) is 5.10 Å². The Bertz CT molecular complexity index is 1460. The third-order valence-electron chi connectivity index (χ3n) is 7.09. The van der Waals surface area contributed by atoms with E-state index in [1.807, 2.05) is 26.0 Å². The molecule has 8 nitrogen and oxygen atoms in total. The van der Waals surface area contributed by atoms with E-state index in [0.29, 0.717) is 46.1 Å². The summed E-state index contributed by atoms with van der Waals surface area (Å²) in [7, 11) is 0. The summed E-state index contributed by atoms with van der Waals surface area (Å²) in [5, 5.41) is 8.28. The molecule has 1 aromatic carbocycles. The number of furan rings is 1. The Hall–Kier alpha value is -3.81. The molecule has 8 heteroatoms. The summed E-state index contributed by atoms with van der Waals surface area (Å²) in [6, 6.07) is 7.20. The lowest BCUT2D eigenvalue weighted by Crippen LogP contribution is -2.68. The van der Waals surface area contributed by atoms with Crippen LogP contribution >= 0.6 is 0 Å². The second-order valence-corrected chi connectivity index (χ2v) is 9.38. The van der Waals surface area contributed by atoms with Crippen LogP contribution in [0.3, 0.4) is 0 Å². The minimum atomic E-state index is -0.395. The van der Waals surface area contributed by atoms with Crippen LogP contribution < -0.4 is 10.1 Å². The van der Waals surface area contributed by atoms with Crippen molar-refractivity contribution in [3.05, 3.63) is 59.1 Å². The highest BCUT2D eigenvalue weighted by atomic mass is 16.5. The molecular weight excluding hydrogens is 434 g/mol. The normalized spacial score (nSPS) is 20.6. The Balaban J connectivity index is 1.31. The SMILES string of the molecule is CCOC(=O)c1cn2nccc(Oc3ccc4c(C(=O)NC56CC(C5)C6)c(C)oc4c3)c2c1C. The molecule has 3 aromatic heterocycles. The molecule has 0 atom stereocenters. The monoisotopic (exact) mass is 459 g/mol. The first-order chi connectivity index (χ1) is 16.4. The molecular formula is C26H25N3O5. The fraction of sp³-hybridized carbons (Fsp3) is 0.346. The minimum absolute atomic E-state index is 0.00499. The van der Waals surface area contributed by atoms with Gasteiger partial charge in [0, 0.05) is 29.3 Å². The van der Waals surface area contributed by atoms with Crippen LogP contribution in [0.25, 0.3) is 16.5 Å². The number of hydrogen-bond acceptors (Lipinski definition) is 6. The number of hydrogen-bond donors (Lipinski definition) is 1. The third kappa shape index (κ3) is 3.09. The minimum Gasteiger partial charge on any atom is -0.462 e. The van der Waals surface area contributed by atoms with Gasteiger partial charge in [-0.3, -0.25) is 4.79 Å². The number of nitrogens with one attached hydrogen (secondary N) is 1. The zero-order valence-corrected chi connectivity index (χ0v) is 19.3. The Morgan fingerprint density at radius 3 is 2.74 bits per heavy atom. The van der Waals surface area contributed by atoms with Gasteiger partial charge < -0.3 is 19.2 Å². The van der Waals surface area contributed by atoms with Gasteiger partial charge in [0.25, 0.3) is 5.91 Å². The highest BCUT2D eigenvalue weighted by molar-refractivity contribution is 6.07. The van der Waals surface area contributed by atoms with E-state index in [4.69, 9.17) is 13.9 Å². The van der Waals surface area contributed by atoms with Crippen molar-refractivity contribution in [2.75, 3.05) is 6.61 Å². The zero-order valence-electron chi connectivity index (χ0n) is 19.3. The van der Waals surface area contributed by atoms with E-state index in [1.54, 1.807) is 36.0 Å². The number of esters is 1. The fourth-order valence-electron chi connectivity index (χ4n) is 5.33. The smallest absolute Gasteiger partial charge is 0.340 e. The van der Waals surface area contributed by atoms with Gasteiger partial charge in [0.2, 0.25) is 0 Å². The van der Waals surface area contributed by atoms with Crippen LogP contribution in [-0.4, -0.2) is 33.6 Å². The number of aromatic nitrogens is 2. The molecule has 34 heavy (non-hydrogen) atoms. The lowest BCUT2D eigenvalue weighted by Gasteiger charge is -2.61. The summed E-state index contributed by atoms with van der Waals surface area (Å²) in [6.45, 7) is 5.72. The molecule has 7 rings (SSSR count). The van der Waals surface area contributed by atoms with Crippen LogP contribution in [0.5, 0.6) is 11.5 Å². The van der Waals surface area contributed by atoms with Gasteiger partial charge in [-0.25, -0.2) is 9.31 Å². The first-order valence-electron chi connectivity index (χ1n) is 11.5. The number of benzene rings is 1. The third-order valence-corrected chi connectivity index (χ3v) is 7.09. The highest BCUT2D eigenvalue weighted by Gasteiger charge is 2.57. The van der Waals surface area contributed by atoms with Crippen LogP contribution in [-0.2, 0) is 4.74 Å². The predicted octanol–water partition coefficient (Wildman–Crippen LogP) is 4.95.